The van der Waals surface area contributed by atoms with E-state index in [1.165, 1.54) is 4.88 Å². The molecule has 0 aliphatic carbocycles. The Labute approximate surface area is 171 Å². The fraction of sp³-hybridized carbons (Fsp3) is 0.688. The maximum Gasteiger partial charge on any atom is 0.191 e. The molecule has 24 heavy (non-hydrogen) atoms. The van der Waals surface area contributed by atoms with Crippen LogP contribution >= 0.6 is 47.1 Å². The van der Waals surface area contributed by atoms with Crippen LogP contribution in [-0.4, -0.2) is 68.8 Å². The van der Waals surface area contributed by atoms with Gasteiger partial charge >= 0.3 is 0 Å². The minimum Gasteiger partial charge on any atom is -0.376 e. The van der Waals surface area contributed by atoms with Gasteiger partial charge in [-0.15, -0.1) is 35.3 Å². The monoisotopic (exact) mass is 484 g/mol. The lowest BCUT2D eigenvalue weighted by atomic mass is 10.1. The Morgan fingerprint density at radius 3 is 3.00 bits per heavy atom. The van der Waals surface area contributed by atoms with Crippen molar-refractivity contribution < 1.29 is 4.74 Å². The average Bonchev–Trinajstić information content (AvgIpc) is 3.08. The third kappa shape index (κ3) is 7.07. The quantitative estimate of drug-likeness (QED) is 0.270. The van der Waals surface area contributed by atoms with Gasteiger partial charge in [-0.05, 0) is 24.6 Å². The number of nitrogens with zero attached hydrogens (tertiary/aromatic N) is 2. The predicted molar refractivity (Wildman–Crippen MR) is 117 cm³/mol. The molecule has 0 aromatic carbocycles. The maximum atomic E-state index is 5.69. The zero-order valence-corrected chi connectivity index (χ0v) is 18.6. The average molecular weight is 484 g/mol. The van der Waals surface area contributed by atoms with Crippen molar-refractivity contribution in [2.45, 2.75) is 19.1 Å². The Hall–Kier alpha value is -0.0300. The van der Waals surface area contributed by atoms with Crippen LogP contribution in [0.1, 0.15) is 17.8 Å². The SMILES string of the molecule is CN=C(NCCSC)NCC(c1cccs1)N1CCOC(C)C1.I. The Balaban J connectivity index is 0.00000288. The van der Waals surface area contributed by atoms with Crippen LogP contribution in [0.15, 0.2) is 22.5 Å². The highest BCUT2D eigenvalue weighted by molar-refractivity contribution is 14.0. The van der Waals surface area contributed by atoms with E-state index in [4.69, 9.17) is 4.74 Å². The van der Waals surface area contributed by atoms with Crippen molar-refractivity contribution in [2.75, 3.05) is 51.8 Å². The number of aliphatic imine (C=N–C) groups is 1. The lowest BCUT2D eigenvalue weighted by Gasteiger charge is -2.37. The van der Waals surface area contributed by atoms with Gasteiger partial charge < -0.3 is 15.4 Å². The molecule has 2 rings (SSSR count). The number of guanidine groups is 1. The molecule has 2 unspecified atom stereocenters. The Morgan fingerprint density at radius 2 is 2.38 bits per heavy atom. The van der Waals surface area contributed by atoms with Gasteiger partial charge in [0.05, 0.1) is 18.8 Å². The molecule has 0 saturated carbocycles. The molecule has 1 aromatic heterocycles. The van der Waals surface area contributed by atoms with E-state index < -0.39 is 0 Å². The molecular formula is C16H29IN4OS2. The minimum atomic E-state index is 0. The van der Waals surface area contributed by atoms with Crippen LogP contribution < -0.4 is 10.6 Å². The Morgan fingerprint density at radius 1 is 1.54 bits per heavy atom. The van der Waals surface area contributed by atoms with E-state index in [0.29, 0.717) is 12.1 Å². The molecule has 1 aliphatic rings. The number of rotatable bonds is 7. The van der Waals surface area contributed by atoms with Gasteiger partial charge in [-0.25, -0.2) is 0 Å². The van der Waals surface area contributed by atoms with Crippen molar-refractivity contribution in [2.24, 2.45) is 4.99 Å². The molecular weight excluding hydrogens is 455 g/mol. The highest BCUT2D eigenvalue weighted by Gasteiger charge is 2.26. The fourth-order valence-corrected chi connectivity index (χ4v) is 3.87. The molecule has 0 bridgehead atoms. The molecule has 1 aliphatic heterocycles. The molecule has 5 nitrogen and oxygen atoms in total. The Bertz CT molecular complexity index is 473. The lowest BCUT2D eigenvalue weighted by molar-refractivity contribution is -0.0334. The lowest BCUT2D eigenvalue weighted by Crippen LogP contribution is -2.48. The molecule has 1 saturated heterocycles. The number of nitrogens with one attached hydrogen (secondary N) is 2. The third-order valence-electron chi connectivity index (χ3n) is 3.87. The van der Waals surface area contributed by atoms with E-state index in [1.54, 1.807) is 0 Å². The zero-order chi connectivity index (χ0) is 16.5. The molecule has 1 aromatic rings. The summed E-state index contributed by atoms with van der Waals surface area (Å²) < 4.78 is 5.69. The van der Waals surface area contributed by atoms with Crippen LogP contribution in [0.5, 0.6) is 0 Å². The number of thioether (sulfide) groups is 1. The van der Waals surface area contributed by atoms with E-state index in [2.05, 4.69) is 51.2 Å². The van der Waals surface area contributed by atoms with E-state index in [-0.39, 0.29) is 24.0 Å². The third-order valence-corrected chi connectivity index (χ3v) is 5.46. The van der Waals surface area contributed by atoms with Crippen molar-refractivity contribution in [3.8, 4) is 0 Å². The summed E-state index contributed by atoms with van der Waals surface area (Å²) in [6.07, 6.45) is 2.41. The van der Waals surface area contributed by atoms with Crippen molar-refractivity contribution in [3.05, 3.63) is 22.4 Å². The van der Waals surface area contributed by atoms with Gasteiger partial charge in [0.1, 0.15) is 0 Å². The normalized spacial score (nSPS) is 20.3. The van der Waals surface area contributed by atoms with Crippen molar-refractivity contribution in [3.63, 3.8) is 0 Å². The van der Waals surface area contributed by atoms with Gasteiger partial charge in [0.2, 0.25) is 0 Å². The van der Waals surface area contributed by atoms with Crippen LogP contribution in [0.4, 0.5) is 0 Å². The highest BCUT2D eigenvalue weighted by Crippen LogP contribution is 2.26. The molecule has 1 fully saturated rings. The molecule has 2 N–H and O–H groups in total. The van der Waals surface area contributed by atoms with Gasteiger partial charge in [-0.1, -0.05) is 6.07 Å². The smallest absolute Gasteiger partial charge is 0.191 e. The molecule has 2 heterocycles. The van der Waals surface area contributed by atoms with Crippen LogP contribution in [0.3, 0.4) is 0 Å². The van der Waals surface area contributed by atoms with Crippen molar-refractivity contribution in [1.82, 2.24) is 15.5 Å². The zero-order valence-electron chi connectivity index (χ0n) is 14.7. The van der Waals surface area contributed by atoms with Gasteiger partial charge in [0, 0.05) is 43.9 Å². The number of thiophene rings is 1. The first-order valence-corrected chi connectivity index (χ1v) is 10.3. The van der Waals surface area contributed by atoms with E-state index in [1.807, 2.05) is 30.1 Å². The topological polar surface area (TPSA) is 48.9 Å². The molecule has 2 atom stereocenters. The van der Waals surface area contributed by atoms with Crippen molar-refractivity contribution in [1.29, 1.82) is 0 Å². The second-order valence-electron chi connectivity index (χ2n) is 5.58. The van der Waals surface area contributed by atoms with E-state index in [0.717, 1.165) is 44.5 Å². The molecule has 0 spiro atoms. The van der Waals surface area contributed by atoms with E-state index >= 15 is 0 Å². The first-order chi connectivity index (χ1) is 11.2. The fourth-order valence-electron chi connectivity index (χ4n) is 2.70. The molecule has 0 radical (unpaired) electrons. The van der Waals surface area contributed by atoms with Gasteiger partial charge in [0.15, 0.2) is 5.96 Å². The summed E-state index contributed by atoms with van der Waals surface area (Å²) in [4.78, 5) is 8.23. The Kier molecular flexibility index (Phi) is 11.3. The number of hydrogen-bond acceptors (Lipinski definition) is 5. The van der Waals surface area contributed by atoms with Gasteiger partial charge in [-0.2, -0.15) is 11.8 Å². The summed E-state index contributed by atoms with van der Waals surface area (Å²) in [7, 11) is 1.82. The number of hydrogen-bond donors (Lipinski definition) is 2. The largest absolute Gasteiger partial charge is 0.376 e. The summed E-state index contributed by atoms with van der Waals surface area (Å²) in [5, 5.41) is 8.99. The van der Waals surface area contributed by atoms with Crippen LogP contribution in [-0.2, 0) is 4.74 Å². The maximum absolute atomic E-state index is 5.69. The predicted octanol–water partition coefficient (Wildman–Crippen LogP) is 2.66. The van der Waals surface area contributed by atoms with Gasteiger partial charge in [0.25, 0.3) is 0 Å². The number of morpholine rings is 1. The van der Waals surface area contributed by atoms with Crippen molar-refractivity contribution >= 4 is 53.0 Å². The van der Waals surface area contributed by atoms with E-state index in [9.17, 15) is 0 Å². The highest BCUT2D eigenvalue weighted by atomic mass is 127. The summed E-state index contributed by atoms with van der Waals surface area (Å²) in [6.45, 7) is 6.69. The van der Waals surface area contributed by atoms with Crippen LogP contribution in [0.2, 0.25) is 0 Å². The summed E-state index contributed by atoms with van der Waals surface area (Å²) in [6, 6.07) is 4.71. The molecule has 138 valence electrons. The van der Waals surface area contributed by atoms with Crippen LogP contribution in [0, 0.1) is 0 Å². The summed E-state index contributed by atoms with van der Waals surface area (Å²) in [5.41, 5.74) is 0. The second kappa shape index (κ2) is 12.3. The summed E-state index contributed by atoms with van der Waals surface area (Å²) in [5.74, 6) is 1.96. The number of ether oxygens (including phenoxy) is 1. The van der Waals surface area contributed by atoms with Gasteiger partial charge in [-0.3, -0.25) is 9.89 Å². The minimum absolute atomic E-state index is 0. The second-order valence-corrected chi connectivity index (χ2v) is 7.55. The molecule has 8 heteroatoms. The van der Waals surface area contributed by atoms with Crippen LogP contribution in [0.25, 0.3) is 0 Å². The molecule has 0 amide bonds. The standard InChI is InChI=1S/C16H28N4OS2.HI/c1-13-12-20(7-8-21-13)14(15-5-4-9-23-15)11-19-16(17-2)18-6-10-22-3;/h4-5,9,13-14H,6-8,10-12H2,1-3H3,(H2,17,18,19);1H. The first kappa shape index (κ1) is 22.0. The summed E-state index contributed by atoms with van der Waals surface area (Å²) >= 11 is 3.65. The first-order valence-electron chi connectivity index (χ1n) is 8.07. The number of halogens is 1.